The van der Waals surface area contributed by atoms with Gasteiger partial charge in [0.2, 0.25) is 5.91 Å². The van der Waals surface area contributed by atoms with Crippen LogP contribution in [0.15, 0.2) is 24.3 Å². The molecule has 0 atom stereocenters. The van der Waals surface area contributed by atoms with Crippen LogP contribution in [0.2, 0.25) is 0 Å². The minimum atomic E-state index is -0.370. The van der Waals surface area contributed by atoms with Crippen LogP contribution in [0.25, 0.3) is 0 Å². The summed E-state index contributed by atoms with van der Waals surface area (Å²) in [5, 5.41) is 2.98. The van der Waals surface area contributed by atoms with Crippen LogP contribution in [0, 0.1) is 10.8 Å². The van der Waals surface area contributed by atoms with Gasteiger partial charge in [-0.1, -0.05) is 53.7 Å². The molecule has 1 aliphatic rings. The quantitative estimate of drug-likeness (QED) is 0.901. The molecule has 0 unspecified atom stereocenters. The monoisotopic (exact) mass is 345 g/mol. The lowest BCUT2D eigenvalue weighted by molar-refractivity contribution is -0.123. The Morgan fingerprint density at radius 1 is 0.920 bits per heavy atom. The van der Waals surface area contributed by atoms with Gasteiger partial charge in [0.15, 0.2) is 0 Å². The molecule has 1 aromatic carbocycles. The summed E-state index contributed by atoms with van der Waals surface area (Å²) in [5.74, 6) is 0.0511. The van der Waals surface area contributed by atoms with Crippen LogP contribution in [-0.2, 0) is 11.3 Å². The summed E-state index contributed by atoms with van der Waals surface area (Å²) in [4.78, 5) is 17.1. The molecular formula is C21H35N3O. The van der Waals surface area contributed by atoms with Crippen molar-refractivity contribution >= 4 is 11.6 Å². The first-order chi connectivity index (χ1) is 11.5. The van der Waals surface area contributed by atoms with Crippen molar-refractivity contribution in [3.63, 3.8) is 0 Å². The van der Waals surface area contributed by atoms with Gasteiger partial charge in [-0.3, -0.25) is 9.69 Å². The molecule has 4 heteroatoms. The summed E-state index contributed by atoms with van der Waals surface area (Å²) in [5.41, 5.74) is 2.18. The summed E-state index contributed by atoms with van der Waals surface area (Å²) in [6, 6.07) is 8.27. The Morgan fingerprint density at radius 3 is 1.92 bits per heavy atom. The fourth-order valence-electron chi connectivity index (χ4n) is 3.05. The normalized spacial score (nSPS) is 17.5. The third-order valence-electron chi connectivity index (χ3n) is 4.46. The molecule has 1 aliphatic heterocycles. The Bertz CT molecular complexity index is 558. The molecule has 1 heterocycles. The van der Waals surface area contributed by atoms with E-state index < -0.39 is 0 Å². The highest BCUT2D eigenvalue weighted by atomic mass is 16.2. The van der Waals surface area contributed by atoms with Crippen LogP contribution in [0.1, 0.15) is 47.1 Å². The van der Waals surface area contributed by atoms with Gasteiger partial charge in [0, 0.05) is 50.4 Å². The zero-order valence-electron chi connectivity index (χ0n) is 16.9. The number of hydrogen-bond acceptors (Lipinski definition) is 3. The van der Waals surface area contributed by atoms with Crippen molar-refractivity contribution in [1.29, 1.82) is 0 Å². The molecule has 2 rings (SSSR count). The van der Waals surface area contributed by atoms with E-state index in [1.807, 2.05) is 32.9 Å². The van der Waals surface area contributed by atoms with Crippen molar-refractivity contribution in [2.75, 3.05) is 38.0 Å². The second-order valence-electron chi connectivity index (χ2n) is 9.51. The van der Waals surface area contributed by atoms with Gasteiger partial charge in [0.1, 0.15) is 0 Å². The van der Waals surface area contributed by atoms with Gasteiger partial charge >= 0.3 is 0 Å². The number of carbonyl (C=O) groups excluding carboxylic acids is 1. The number of nitrogens with one attached hydrogen (secondary N) is 1. The van der Waals surface area contributed by atoms with Crippen LogP contribution >= 0.6 is 0 Å². The maximum atomic E-state index is 12.0. The van der Waals surface area contributed by atoms with Gasteiger partial charge in [0.25, 0.3) is 0 Å². The van der Waals surface area contributed by atoms with Crippen molar-refractivity contribution in [1.82, 2.24) is 9.80 Å². The van der Waals surface area contributed by atoms with Crippen LogP contribution < -0.4 is 5.32 Å². The van der Waals surface area contributed by atoms with E-state index >= 15 is 0 Å². The Morgan fingerprint density at radius 2 is 1.44 bits per heavy atom. The number of anilines is 1. The fourth-order valence-corrected chi connectivity index (χ4v) is 3.05. The van der Waals surface area contributed by atoms with Gasteiger partial charge in [-0.2, -0.15) is 0 Å². The third-order valence-corrected chi connectivity index (χ3v) is 4.46. The minimum Gasteiger partial charge on any atom is -0.326 e. The summed E-state index contributed by atoms with van der Waals surface area (Å²) < 4.78 is 0. The largest absolute Gasteiger partial charge is 0.326 e. The number of piperazine rings is 1. The second-order valence-corrected chi connectivity index (χ2v) is 9.51. The zero-order valence-corrected chi connectivity index (χ0v) is 16.9. The molecule has 4 nitrogen and oxygen atoms in total. The molecule has 0 aliphatic carbocycles. The minimum absolute atomic E-state index is 0.0511. The highest BCUT2D eigenvalue weighted by molar-refractivity contribution is 5.94. The zero-order chi connectivity index (χ0) is 18.7. The standard InChI is InChI=1S/C21H35N3O/c1-20(2,3)16-24-13-11-23(12-14-24)15-17-7-9-18(10-8-17)22-19(25)21(4,5)6/h7-10H,11-16H2,1-6H3,(H,22,25). The first-order valence-corrected chi connectivity index (χ1v) is 9.38. The molecule has 140 valence electrons. The maximum absolute atomic E-state index is 12.0. The number of amides is 1. The number of hydrogen-bond donors (Lipinski definition) is 1. The molecule has 0 bridgehead atoms. The van der Waals surface area contributed by atoms with Crippen LogP contribution in [0.3, 0.4) is 0 Å². The van der Waals surface area contributed by atoms with Crippen molar-refractivity contribution < 1.29 is 4.79 Å². The van der Waals surface area contributed by atoms with Crippen molar-refractivity contribution in [3.05, 3.63) is 29.8 Å². The van der Waals surface area contributed by atoms with Gasteiger partial charge < -0.3 is 10.2 Å². The Labute approximate surface area is 153 Å². The Hall–Kier alpha value is -1.39. The van der Waals surface area contributed by atoms with Crippen LogP contribution in [-0.4, -0.2) is 48.4 Å². The lowest BCUT2D eigenvalue weighted by Gasteiger charge is -2.37. The van der Waals surface area contributed by atoms with Crippen molar-refractivity contribution in [2.45, 2.75) is 48.1 Å². The van der Waals surface area contributed by atoms with E-state index in [2.05, 4.69) is 48.0 Å². The SMILES string of the molecule is CC(C)(C)CN1CCN(Cc2ccc(NC(=O)C(C)(C)C)cc2)CC1. The molecule has 25 heavy (non-hydrogen) atoms. The second kappa shape index (κ2) is 7.88. The maximum Gasteiger partial charge on any atom is 0.229 e. The molecule has 1 aromatic rings. The molecule has 0 radical (unpaired) electrons. The molecule has 0 saturated carbocycles. The van der Waals surface area contributed by atoms with Gasteiger partial charge in [-0.25, -0.2) is 0 Å². The van der Waals surface area contributed by atoms with Crippen molar-refractivity contribution in [3.8, 4) is 0 Å². The summed E-state index contributed by atoms with van der Waals surface area (Å²) in [7, 11) is 0. The summed E-state index contributed by atoms with van der Waals surface area (Å²) in [6.07, 6.45) is 0. The first-order valence-electron chi connectivity index (χ1n) is 9.38. The highest BCUT2D eigenvalue weighted by Crippen LogP contribution is 2.19. The molecule has 1 fully saturated rings. The number of rotatable bonds is 4. The Kier molecular flexibility index (Phi) is 6.28. The molecular weight excluding hydrogens is 310 g/mol. The lowest BCUT2D eigenvalue weighted by Crippen LogP contribution is -2.48. The van der Waals surface area contributed by atoms with E-state index in [0.29, 0.717) is 5.41 Å². The summed E-state index contributed by atoms with van der Waals surface area (Å²) >= 11 is 0. The highest BCUT2D eigenvalue weighted by Gasteiger charge is 2.22. The molecule has 1 saturated heterocycles. The topological polar surface area (TPSA) is 35.6 Å². The van der Waals surface area contributed by atoms with E-state index in [4.69, 9.17) is 0 Å². The van der Waals surface area contributed by atoms with E-state index in [0.717, 1.165) is 38.4 Å². The Balaban J connectivity index is 1.81. The van der Waals surface area contributed by atoms with E-state index in [9.17, 15) is 4.79 Å². The average Bonchev–Trinajstić information content (AvgIpc) is 2.49. The first kappa shape index (κ1) is 19.9. The summed E-state index contributed by atoms with van der Waals surface area (Å²) in [6.45, 7) is 19.4. The van der Waals surface area contributed by atoms with Gasteiger partial charge in [-0.15, -0.1) is 0 Å². The average molecular weight is 346 g/mol. The van der Waals surface area contributed by atoms with Gasteiger partial charge in [-0.05, 0) is 23.1 Å². The number of benzene rings is 1. The lowest BCUT2D eigenvalue weighted by atomic mass is 9.95. The predicted molar refractivity (Wildman–Crippen MR) is 106 cm³/mol. The van der Waals surface area contributed by atoms with E-state index in [1.165, 1.54) is 12.1 Å². The van der Waals surface area contributed by atoms with Crippen LogP contribution in [0.5, 0.6) is 0 Å². The fraction of sp³-hybridized carbons (Fsp3) is 0.667. The molecule has 0 spiro atoms. The molecule has 1 N–H and O–H groups in total. The number of carbonyl (C=O) groups is 1. The smallest absolute Gasteiger partial charge is 0.229 e. The number of nitrogens with zero attached hydrogens (tertiary/aromatic N) is 2. The molecule has 0 aromatic heterocycles. The van der Waals surface area contributed by atoms with E-state index in [1.54, 1.807) is 0 Å². The van der Waals surface area contributed by atoms with Crippen LogP contribution in [0.4, 0.5) is 5.69 Å². The van der Waals surface area contributed by atoms with Crippen molar-refractivity contribution in [2.24, 2.45) is 10.8 Å². The molecule has 1 amide bonds. The van der Waals surface area contributed by atoms with E-state index in [-0.39, 0.29) is 11.3 Å². The predicted octanol–water partition coefficient (Wildman–Crippen LogP) is 3.83. The van der Waals surface area contributed by atoms with Gasteiger partial charge in [0.05, 0.1) is 0 Å². The third kappa shape index (κ3) is 6.79.